The maximum atomic E-state index is 15.2. The zero-order valence-corrected chi connectivity index (χ0v) is 15.2. The zero-order chi connectivity index (χ0) is 19.0. The van der Waals surface area contributed by atoms with E-state index >= 15 is 4.39 Å². The highest BCUT2D eigenvalue weighted by atomic mass is 19.1. The lowest BCUT2D eigenvalue weighted by atomic mass is 9.85. The molecule has 0 amide bonds. The lowest BCUT2D eigenvalue weighted by Gasteiger charge is -2.32. The van der Waals surface area contributed by atoms with Crippen LogP contribution in [-0.2, 0) is 19.0 Å². The van der Waals surface area contributed by atoms with Crippen molar-refractivity contribution in [1.82, 2.24) is 0 Å². The van der Waals surface area contributed by atoms with Crippen molar-refractivity contribution in [3.63, 3.8) is 0 Å². The molecule has 0 aromatic rings. The number of aliphatic hydroxyl groups is 2. The van der Waals surface area contributed by atoms with Gasteiger partial charge in [0.05, 0.1) is 25.6 Å². The van der Waals surface area contributed by atoms with Crippen LogP contribution in [-0.4, -0.2) is 54.1 Å². The van der Waals surface area contributed by atoms with E-state index in [4.69, 9.17) is 14.6 Å². The largest absolute Gasteiger partial charge is 0.469 e. The van der Waals surface area contributed by atoms with Gasteiger partial charge in [0, 0.05) is 6.61 Å². The summed E-state index contributed by atoms with van der Waals surface area (Å²) in [4.78, 5) is 12.0. The summed E-state index contributed by atoms with van der Waals surface area (Å²) in [7, 11) is 1.11. The smallest absolute Gasteiger partial charge is 0.346 e. The highest BCUT2D eigenvalue weighted by molar-refractivity contribution is 5.80. The first kappa shape index (κ1) is 20.9. The number of hydrogen-bond acceptors (Lipinski definition) is 6. The van der Waals surface area contributed by atoms with Crippen LogP contribution in [0.25, 0.3) is 0 Å². The van der Waals surface area contributed by atoms with Crippen LogP contribution in [0.3, 0.4) is 0 Å². The Morgan fingerprint density at radius 3 is 2.85 bits per heavy atom. The summed E-state index contributed by atoms with van der Waals surface area (Å²) >= 11 is 0. The van der Waals surface area contributed by atoms with Gasteiger partial charge in [-0.1, -0.05) is 12.5 Å². The average molecular weight is 372 g/mol. The third-order valence-electron chi connectivity index (χ3n) is 5.10. The Morgan fingerprint density at radius 2 is 2.19 bits per heavy atom. The number of carbonyl (C=O) groups is 1. The van der Waals surface area contributed by atoms with E-state index in [1.807, 2.05) is 6.08 Å². The zero-order valence-electron chi connectivity index (χ0n) is 15.2. The number of unbranched alkanes of at least 4 members (excludes halogenated alkanes) is 1. The summed E-state index contributed by atoms with van der Waals surface area (Å²) < 4.78 is 31.1. The van der Waals surface area contributed by atoms with Crippen molar-refractivity contribution in [3.05, 3.63) is 24.5 Å². The van der Waals surface area contributed by atoms with Crippen LogP contribution in [0.15, 0.2) is 24.5 Å². The molecule has 26 heavy (non-hydrogen) atoms. The maximum Gasteiger partial charge on any atom is 0.346 e. The van der Waals surface area contributed by atoms with Crippen molar-refractivity contribution in [3.8, 4) is 0 Å². The van der Waals surface area contributed by atoms with Crippen LogP contribution in [0.4, 0.5) is 4.39 Å². The van der Waals surface area contributed by atoms with Crippen molar-refractivity contribution in [2.24, 2.45) is 5.92 Å². The molecule has 0 saturated heterocycles. The molecular weight excluding hydrogens is 343 g/mol. The number of allylic oxidation sites excluding steroid dienone is 2. The van der Waals surface area contributed by atoms with Crippen molar-refractivity contribution >= 4 is 5.97 Å². The monoisotopic (exact) mass is 372 g/mol. The summed E-state index contributed by atoms with van der Waals surface area (Å²) in [6.07, 6.45) is 7.89. The molecular formula is C19H29FO6. The van der Waals surface area contributed by atoms with Gasteiger partial charge in [-0.15, -0.1) is 0 Å². The molecule has 0 spiro atoms. The van der Waals surface area contributed by atoms with Gasteiger partial charge < -0.3 is 24.4 Å². The first-order chi connectivity index (χ1) is 12.5. The van der Waals surface area contributed by atoms with E-state index in [0.717, 1.165) is 26.4 Å². The van der Waals surface area contributed by atoms with Crippen molar-refractivity contribution in [2.75, 3.05) is 13.7 Å². The number of esters is 1. The number of aliphatic hydroxyl groups excluding tert-OH is 2. The summed E-state index contributed by atoms with van der Waals surface area (Å²) in [6, 6.07) is 0. The molecule has 0 bridgehead atoms. The van der Waals surface area contributed by atoms with Crippen LogP contribution >= 0.6 is 0 Å². The molecule has 1 heterocycles. The number of carbonyl (C=O) groups excluding carboxylic acids is 1. The van der Waals surface area contributed by atoms with E-state index in [2.05, 4.69) is 4.74 Å². The Labute approximate surface area is 153 Å². The maximum absolute atomic E-state index is 15.2. The highest BCUT2D eigenvalue weighted by Gasteiger charge is 2.48. The quantitative estimate of drug-likeness (QED) is 0.452. The fourth-order valence-electron chi connectivity index (χ4n) is 3.61. The molecule has 6 nitrogen and oxygen atoms in total. The van der Waals surface area contributed by atoms with Gasteiger partial charge >= 0.3 is 5.97 Å². The summed E-state index contributed by atoms with van der Waals surface area (Å²) in [6.45, 7) is -0.0881. The second-order valence-corrected chi connectivity index (χ2v) is 6.87. The second-order valence-electron chi connectivity index (χ2n) is 6.87. The Kier molecular flexibility index (Phi) is 8.06. The van der Waals surface area contributed by atoms with E-state index in [9.17, 15) is 9.90 Å². The topological polar surface area (TPSA) is 85.2 Å². The van der Waals surface area contributed by atoms with Gasteiger partial charge in [-0.3, -0.25) is 0 Å². The molecule has 1 saturated carbocycles. The number of methoxy groups -OCH3 is 1. The number of alkyl halides is 1. The molecule has 5 atom stereocenters. The minimum Gasteiger partial charge on any atom is -0.469 e. The number of halogens is 1. The van der Waals surface area contributed by atoms with Crippen molar-refractivity contribution < 1.29 is 33.6 Å². The minimum atomic E-state index is -2.47. The standard InChI is InChI=1S/C19H29FO6/c1-24-18(23)19(20,10-3-4-11-21)16(22)13-14-7-6-8-15(14)26-17-9-2-5-12-25-17/h2,5,9,12,14-17,21-22H,3-4,6-8,10-11,13H2,1H3/t14?,15?,16?,17?,19-/m1/s1. The van der Waals surface area contributed by atoms with Gasteiger partial charge in [0.2, 0.25) is 12.0 Å². The van der Waals surface area contributed by atoms with E-state index in [1.165, 1.54) is 0 Å². The van der Waals surface area contributed by atoms with Crippen LogP contribution in [0.5, 0.6) is 0 Å². The predicted octanol–water partition coefficient (Wildman–Crippen LogP) is 2.39. The Balaban J connectivity index is 1.97. The van der Waals surface area contributed by atoms with Crippen LogP contribution in [0.2, 0.25) is 0 Å². The van der Waals surface area contributed by atoms with Gasteiger partial charge in [0.1, 0.15) is 0 Å². The van der Waals surface area contributed by atoms with Gasteiger partial charge in [-0.2, -0.15) is 0 Å². The minimum absolute atomic E-state index is 0.0643. The highest BCUT2D eigenvalue weighted by Crippen LogP contribution is 2.37. The third-order valence-corrected chi connectivity index (χ3v) is 5.10. The van der Waals surface area contributed by atoms with Gasteiger partial charge in [0.25, 0.3) is 0 Å². The molecule has 4 unspecified atom stereocenters. The molecule has 7 heteroatoms. The molecule has 2 N–H and O–H groups in total. The van der Waals surface area contributed by atoms with E-state index < -0.39 is 24.0 Å². The molecule has 1 fully saturated rings. The first-order valence-electron chi connectivity index (χ1n) is 9.21. The first-order valence-corrected chi connectivity index (χ1v) is 9.21. The molecule has 0 radical (unpaired) electrons. The molecule has 1 aliphatic heterocycles. The average Bonchev–Trinajstić information content (AvgIpc) is 3.08. The summed E-state index contributed by atoms with van der Waals surface area (Å²) in [5, 5.41) is 19.4. The molecule has 2 aliphatic rings. The fourth-order valence-corrected chi connectivity index (χ4v) is 3.61. The van der Waals surface area contributed by atoms with E-state index in [1.54, 1.807) is 18.4 Å². The molecule has 148 valence electrons. The summed E-state index contributed by atoms with van der Waals surface area (Å²) in [5.41, 5.74) is -2.47. The molecule has 1 aliphatic carbocycles. The second kappa shape index (κ2) is 10.0. The van der Waals surface area contributed by atoms with Gasteiger partial charge in [-0.05, 0) is 56.6 Å². The molecule has 0 aromatic carbocycles. The molecule has 0 aromatic heterocycles. The van der Waals surface area contributed by atoms with Crippen molar-refractivity contribution in [1.29, 1.82) is 0 Å². The predicted molar refractivity (Wildman–Crippen MR) is 92.8 cm³/mol. The fraction of sp³-hybridized carbons (Fsp3) is 0.737. The third kappa shape index (κ3) is 5.28. The lowest BCUT2D eigenvalue weighted by Crippen LogP contribution is -2.48. The van der Waals surface area contributed by atoms with Gasteiger partial charge in [-0.25, -0.2) is 9.18 Å². The van der Waals surface area contributed by atoms with Crippen LogP contribution in [0.1, 0.15) is 44.9 Å². The SMILES string of the molecule is COC(=O)[C@@](F)(CCCCO)C(O)CC1CCCC1OC1C=CC=CO1. The number of hydrogen-bond donors (Lipinski definition) is 2. The number of rotatable bonds is 10. The van der Waals surface area contributed by atoms with E-state index in [-0.39, 0.29) is 37.9 Å². The Morgan fingerprint density at radius 1 is 1.38 bits per heavy atom. The number of ether oxygens (including phenoxy) is 3. The van der Waals surface area contributed by atoms with Gasteiger partial charge in [0.15, 0.2) is 0 Å². The normalized spacial score (nSPS) is 28.4. The van der Waals surface area contributed by atoms with Crippen molar-refractivity contribution in [2.45, 2.75) is 69.1 Å². The Hall–Kier alpha value is -1.44. The molecule has 2 rings (SSSR count). The van der Waals surface area contributed by atoms with Crippen LogP contribution in [0, 0.1) is 5.92 Å². The lowest BCUT2D eigenvalue weighted by molar-refractivity contribution is -0.167. The summed E-state index contributed by atoms with van der Waals surface area (Å²) in [5.74, 6) is -1.13. The van der Waals surface area contributed by atoms with Crippen LogP contribution < -0.4 is 0 Å². The Bertz CT molecular complexity index is 508. The van der Waals surface area contributed by atoms with E-state index in [0.29, 0.717) is 6.42 Å².